The van der Waals surface area contributed by atoms with Crippen molar-refractivity contribution in [1.29, 1.82) is 0 Å². The third-order valence-electron chi connectivity index (χ3n) is 3.66. The molecule has 2 rings (SSSR count). The van der Waals surface area contributed by atoms with Gasteiger partial charge in [0.25, 0.3) is 5.91 Å². The highest BCUT2D eigenvalue weighted by atomic mass is 16.5. The molecule has 0 aromatic heterocycles. The number of carbonyl (C=O) groups excluding carboxylic acids is 1. The summed E-state index contributed by atoms with van der Waals surface area (Å²) in [5.41, 5.74) is 1.90. The van der Waals surface area contributed by atoms with Crippen molar-refractivity contribution in [3.05, 3.63) is 35.4 Å². The molecule has 0 spiro atoms. The molecule has 1 amide bonds. The molecule has 1 fully saturated rings. The van der Waals surface area contributed by atoms with E-state index in [4.69, 9.17) is 4.74 Å². The molecule has 3 nitrogen and oxygen atoms in total. The normalized spacial score (nSPS) is 16.8. The molecular formula is C16H23NO2. The van der Waals surface area contributed by atoms with E-state index in [1.165, 1.54) is 19.3 Å². The van der Waals surface area contributed by atoms with E-state index in [0.29, 0.717) is 6.61 Å². The summed E-state index contributed by atoms with van der Waals surface area (Å²) in [5.74, 6) is 0.172. The average molecular weight is 261 g/mol. The summed E-state index contributed by atoms with van der Waals surface area (Å²) < 4.78 is 5.08. The largest absolute Gasteiger partial charge is 0.380 e. The topological polar surface area (TPSA) is 29.5 Å². The zero-order valence-corrected chi connectivity index (χ0v) is 11.7. The number of hydrogen-bond donors (Lipinski definition) is 0. The van der Waals surface area contributed by atoms with Crippen molar-refractivity contribution in [2.45, 2.75) is 38.7 Å². The smallest absolute Gasteiger partial charge is 0.253 e. The summed E-state index contributed by atoms with van der Waals surface area (Å²) in [4.78, 5) is 14.4. The summed E-state index contributed by atoms with van der Waals surface area (Å²) in [7, 11) is 1.68. The molecule has 0 aliphatic carbocycles. The second kappa shape index (κ2) is 7.29. The number of benzene rings is 1. The lowest BCUT2D eigenvalue weighted by Crippen LogP contribution is -2.33. The second-order valence-electron chi connectivity index (χ2n) is 5.19. The quantitative estimate of drug-likeness (QED) is 0.836. The molecule has 0 radical (unpaired) electrons. The van der Waals surface area contributed by atoms with Crippen LogP contribution in [0.3, 0.4) is 0 Å². The van der Waals surface area contributed by atoms with E-state index in [1.807, 2.05) is 29.2 Å². The summed E-state index contributed by atoms with van der Waals surface area (Å²) >= 11 is 0. The predicted octanol–water partition coefficient (Wildman–Crippen LogP) is 3.24. The maximum absolute atomic E-state index is 12.4. The van der Waals surface area contributed by atoms with Gasteiger partial charge in [-0.25, -0.2) is 0 Å². The van der Waals surface area contributed by atoms with E-state index in [-0.39, 0.29) is 5.91 Å². The molecule has 1 saturated heterocycles. The zero-order chi connectivity index (χ0) is 13.5. The first-order valence-corrected chi connectivity index (χ1v) is 7.18. The molecule has 104 valence electrons. The van der Waals surface area contributed by atoms with Crippen LogP contribution in [-0.2, 0) is 11.3 Å². The lowest BCUT2D eigenvalue weighted by atomic mass is 10.1. The molecule has 0 bridgehead atoms. The van der Waals surface area contributed by atoms with Crippen molar-refractivity contribution >= 4 is 5.91 Å². The van der Waals surface area contributed by atoms with E-state index in [0.717, 1.165) is 37.1 Å². The van der Waals surface area contributed by atoms with Gasteiger partial charge in [0.05, 0.1) is 6.61 Å². The van der Waals surface area contributed by atoms with Crippen LogP contribution >= 0.6 is 0 Å². The van der Waals surface area contributed by atoms with Gasteiger partial charge < -0.3 is 9.64 Å². The lowest BCUT2D eigenvalue weighted by molar-refractivity contribution is 0.0742. The van der Waals surface area contributed by atoms with Gasteiger partial charge >= 0.3 is 0 Å². The maximum Gasteiger partial charge on any atom is 0.253 e. The molecule has 1 aromatic carbocycles. The van der Waals surface area contributed by atoms with Crippen molar-refractivity contribution in [3.8, 4) is 0 Å². The standard InChI is InChI=1S/C16H23NO2/c1-19-13-14-7-9-15(10-8-14)16(18)17-11-5-3-2-4-6-12-17/h7-10H,2-6,11-13H2,1H3. The number of nitrogens with zero attached hydrogens (tertiary/aromatic N) is 1. The number of carbonyl (C=O) groups is 1. The van der Waals surface area contributed by atoms with Gasteiger partial charge in [-0.15, -0.1) is 0 Å². The minimum absolute atomic E-state index is 0.172. The summed E-state index contributed by atoms with van der Waals surface area (Å²) in [6.07, 6.45) is 6.07. The summed E-state index contributed by atoms with van der Waals surface area (Å²) in [6, 6.07) is 7.77. The number of amides is 1. The molecule has 3 heteroatoms. The van der Waals surface area contributed by atoms with Crippen LogP contribution in [0.5, 0.6) is 0 Å². The van der Waals surface area contributed by atoms with Gasteiger partial charge in [0, 0.05) is 25.8 Å². The first-order chi connectivity index (χ1) is 9.31. The van der Waals surface area contributed by atoms with Crippen LogP contribution in [0.15, 0.2) is 24.3 Å². The lowest BCUT2D eigenvalue weighted by Gasteiger charge is -2.24. The van der Waals surface area contributed by atoms with Crippen LogP contribution in [0.25, 0.3) is 0 Å². The molecule has 19 heavy (non-hydrogen) atoms. The monoisotopic (exact) mass is 261 g/mol. The minimum Gasteiger partial charge on any atom is -0.380 e. The molecular weight excluding hydrogens is 238 g/mol. The number of ether oxygens (including phenoxy) is 1. The molecule has 1 heterocycles. The first kappa shape index (κ1) is 14.1. The van der Waals surface area contributed by atoms with Crippen LogP contribution < -0.4 is 0 Å². The van der Waals surface area contributed by atoms with Gasteiger partial charge in [0.1, 0.15) is 0 Å². The Balaban J connectivity index is 2.00. The van der Waals surface area contributed by atoms with E-state index in [9.17, 15) is 4.79 Å². The van der Waals surface area contributed by atoms with Crippen LogP contribution in [0.4, 0.5) is 0 Å². The Hall–Kier alpha value is -1.35. The fraction of sp³-hybridized carbons (Fsp3) is 0.562. The number of rotatable bonds is 3. The summed E-state index contributed by atoms with van der Waals surface area (Å²) in [5, 5.41) is 0. The van der Waals surface area contributed by atoms with Crippen molar-refractivity contribution < 1.29 is 9.53 Å². The average Bonchev–Trinajstić information content (AvgIpc) is 2.39. The fourth-order valence-corrected chi connectivity index (χ4v) is 2.54. The van der Waals surface area contributed by atoms with E-state index >= 15 is 0 Å². The molecule has 1 aliphatic heterocycles. The van der Waals surface area contributed by atoms with Gasteiger partial charge in [0.2, 0.25) is 0 Å². The number of likely N-dealkylation sites (tertiary alicyclic amines) is 1. The van der Waals surface area contributed by atoms with E-state index in [2.05, 4.69) is 0 Å². The highest BCUT2D eigenvalue weighted by molar-refractivity contribution is 5.94. The highest BCUT2D eigenvalue weighted by Crippen LogP contribution is 2.14. The predicted molar refractivity (Wildman–Crippen MR) is 76.1 cm³/mol. The van der Waals surface area contributed by atoms with Gasteiger partial charge in [0.15, 0.2) is 0 Å². The van der Waals surface area contributed by atoms with E-state index in [1.54, 1.807) is 7.11 Å². The highest BCUT2D eigenvalue weighted by Gasteiger charge is 2.16. The number of hydrogen-bond acceptors (Lipinski definition) is 2. The molecule has 0 atom stereocenters. The number of methoxy groups -OCH3 is 1. The third kappa shape index (κ3) is 4.06. The van der Waals surface area contributed by atoms with Crippen LogP contribution in [-0.4, -0.2) is 31.0 Å². The van der Waals surface area contributed by atoms with Crippen molar-refractivity contribution in [1.82, 2.24) is 4.90 Å². The Morgan fingerprint density at radius 2 is 1.63 bits per heavy atom. The molecule has 1 aliphatic rings. The molecule has 1 aromatic rings. The Morgan fingerprint density at radius 1 is 1.05 bits per heavy atom. The fourth-order valence-electron chi connectivity index (χ4n) is 2.54. The zero-order valence-electron chi connectivity index (χ0n) is 11.7. The maximum atomic E-state index is 12.4. The van der Waals surface area contributed by atoms with Crippen molar-refractivity contribution in [2.75, 3.05) is 20.2 Å². The van der Waals surface area contributed by atoms with Crippen LogP contribution in [0.1, 0.15) is 48.0 Å². The van der Waals surface area contributed by atoms with E-state index < -0.39 is 0 Å². The van der Waals surface area contributed by atoms with Gasteiger partial charge in [-0.05, 0) is 30.5 Å². The Bertz CT molecular complexity index is 392. The Labute approximate surface area is 115 Å². The molecule has 0 N–H and O–H groups in total. The van der Waals surface area contributed by atoms with Crippen molar-refractivity contribution in [2.24, 2.45) is 0 Å². The van der Waals surface area contributed by atoms with Crippen LogP contribution in [0.2, 0.25) is 0 Å². The second-order valence-corrected chi connectivity index (χ2v) is 5.19. The van der Waals surface area contributed by atoms with Crippen molar-refractivity contribution in [3.63, 3.8) is 0 Å². The SMILES string of the molecule is COCc1ccc(C(=O)N2CCCCCCC2)cc1. The third-order valence-corrected chi connectivity index (χ3v) is 3.66. The minimum atomic E-state index is 0.172. The van der Waals surface area contributed by atoms with Gasteiger partial charge in [-0.3, -0.25) is 4.79 Å². The Morgan fingerprint density at radius 3 is 2.21 bits per heavy atom. The molecule has 0 saturated carbocycles. The first-order valence-electron chi connectivity index (χ1n) is 7.18. The van der Waals surface area contributed by atoms with Gasteiger partial charge in [-0.2, -0.15) is 0 Å². The Kier molecular flexibility index (Phi) is 5.40. The van der Waals surface area contributed by atoms with Gasteiger partial charge in [-0.1, -0.05) is 31.4 Å². The van der Waals surface area contributed by atoms with Crippen LogP contribution in [0, 0.1) is 0 Å². The molecule has 0 unspecified atom stereocenters. The summed E-state index contributed by atoms with van der Waals surface area (Å²) in [6.45, 7) is 2.40.